The summed E-state index contributed by atoms with van der Waals surface area (Å²) < 4.78 is 2.11. The first kappa shape index (κ1) is 15.3. The highest BCUT2D eigenvalue weighted by Crippen LogP contribution is 2.26. The summed E-state index contributed by atoms with van der Waals surface area (Å²) in [5.74, 6) is 0. The van der Waals surface area contributed by atoms with Crippen molar-refractivity contribution in [1.29, 1.82) is 0 Å². The number of hydrogen-bond donors (Lipinski definition) is 1. The minimum absolute atomic E-state index is 0.368. The summed E-state index contributed by atoms with van der Waals surface area (Å²) in [7, 11) is 0. The Balaban J connectivity index is 1.66. The molecule has 5 nitrogen and oxygen atoms in total. The zero-order valence-electron chi connectivity index (χ0n) is 14.0. The van der Waals surface area contributed by atoms with Crippen LogP contribution in [-0.2, 0) is 13.1 Å². The third-order valence-electron chi connectivity index (χ3n) is 4.83. The molecule has 5 heteroatoms. The molecule has 1 aromatic carbocycles. The smallest absolute Gasteiger partial charge is 0.0843 e. The minimum Gasteiger partial charge on any atom is -0.314 e. The lowest BCUT2D eigenvalue weighted by Crippen LogP contribution is -2.45. The van der Waals surface area contributed by atoms with Gasteiger partial charge in [-0.05, 0) is 30.7 Å². The van der Waals surface area contributed by atoms with Gasteiger partial charge >= 0.3 is 0 Å². The van der Waals surface area contributed by atoms with E-state index in [0.717, 1.165) is 32.7 Å². The number of nitrogens with one attached hydrogen (secondary N) is 1. The van der Waals surface area contributed by atoms with E-state index in [9.17, 15) is 0 Å². The summed E-state index contributed by atoms with van der Waals surface area (Å²) in [6.07, 6.45) is 3.76. The lowest BCUT2D eigenvalue weighted by Gasteiger charge is -2.36. The number of piperazine rings is 1. The van der Waals surface area contributed by atoms with E-state index in [1.165, 1.54) is 22.2 Å². The topological polar surface area (TPSA) is 46.0 Å². The van der Waals surface area contributed by atoms with Crippen LogP contribution < -0.4 is 5.32 Å². The van der Waals surface area contributed by atoms with Crippen LogP contribution >= 0.6 is 0 Å². The maximum absolute atomic E-state index is 4.87. The highest BCUT2D eigenvalue weighted by molar-refractivity contribution is 5.81. The molecule has 1 fully saturated rings. The van der Waals surface area contributed by atoms with E-state index in [1.807, 2.05) is 12.4 Å². The van der Waals surface area contributed by atoms with E-state index in [2.05, 4.69) is 63.2 Å². The normalized spacial score (nSPS) is 19.0. The molecule has 0 saturated carbocycles. The van der Waals surface area contributed by atoms with Crippen molar-refractivity contribution >= 4 is 10.9 Å². The second kappa shape index (κ2) is 6.71. The molecule has 0 bridgehead atoms. The fourth-order valence-corrected chi connectivity index (χ4v) is 3.60. The molecule has 1 N–H and O–H groups in total. The van der Waals surface area contributed by atoms with Gasteiger partial charge in [0.2, 0.25) is 0 Å². The number of hydrogen-bond acceptors (Lipinski definition) is 4. The van der Waals surface area contributed by atoms with Crippen LogP contribution in [-0.4, -0.2) is 39.3 Å². The van der Waals surface area contributed by atoms with Crippen LogP contribution in [0.15, 0.2) is 48.8 Å². The molecule has 3 aromatic rings. The highest BCUT2D eigenvalue weighted by atomic mass is 15.3. The van der Waals surface area contributed by atoms with Crippen LogP contribution in [0.5, 0.6) is 0 Å². The third-order valence-corrected chi connectivity index (χ3v) is 4.83. The largest absolute Gasteiger partial charge is 0.314 e. The number of aryl methyl sites for hydroxylation is 1. The van der Waals surface area contributed by atoms with Crippen LogP contribution in [0.3, 0.4) is 0 Å². The van der Waals surface area contributed by atoms with Crippen molar-refractivity contribution in [1.82, 2.24) is 25.0 Å². The molecule has 1 unspecified atom stereocenters. The predicted molar refractivity (Wildman–Crippen MR) is 95.7 cm³/mol. The summed E-state index contributed by atoms with van der Waals surface area (Å²) >= 11 is 0. The molecular formula is C19H23N5. The van der Waals surface area contributed by atoms with E-state index < -0.39 is 0 Å². The molecular weight excluding hydrogens is 298 g/mol. The van der Waals surface area contributed by atoms with Gasteiger partial charge in [-0.25, -0.2) is 0 Å². The molecule has 0 radical (unpaired) electrons. The van der Waals surface area contributed by atoms with Crippen LogP contribution in [0.1, 0.15) is 24.2 Å². The zero-order valence-corrected chi connectivity index (χ0v) is 14.0. The molecule has 1 aliphatic rings. The molecule has 0 aliphatic carbocycles. The van der Waals surface area contributed by atoms with Crippen molar-refractivity contribution in [3.63, 3.8) is 0 Å². The SMILES string of the molecule is CCn1nc(CN2CCNCC2c2ccncc2)c2ccccc21. The van der Waals surface area contributed by atoms with Crippen LogP contribution in [0.2, 0.25) is 0 Å². The van der Waals surface area contributed by atoms with Gasteiger partial charge < -0.3 is 5.32 Å². The highest BCUT2D eigenvalue weighted by Gasteiger charge is 2.25. The first-order valence-corrected chi connectivity index (χ1v) is 8.66. The molecule has 0 amide bonds. The maximum atomic E-state index is 4.87. The minimum atomic E-state index is 0.368. The molecule has 1 atom stereocenters. The predicted octanol–water partition coefficient (Wildman–Crippen LogP) is 2.60. The summed E-state index contributed by atoms with van der Waals surface area (Å²) in [5, 5.41) is 9.66. The quantitative estimate of drug-likeness (QED) is 0.802. The molecule has 124 valence electrons. The molecule has 1 aliphatic heterocycles. The van der Waals surface area contributed by atoms with Gasteiger partial charge in [0.05, 0.1) is 11.2 Å². The van der Waals surface area contributed by atoms with E-state index >= 15 is 0 Å². The number of fused-ring (bicyclic) bond motifs is 1. The Hall–Kier alpha value is -2.24. The summed E-state index contributed by atoms with van der Waals surface area (Å²) in [6, 6.07) is 13.1. The lowest BCUT2D eigenvalue weighted by atomic mass is 10.0. The first-order chi connectivity index (χ1) is 11.9. The third kappa shape index (κ3) is 2.81. The second-order valence-electron chi connectivity index (χ2n) is 6.25. The molecule has 1 saturated heterocycles. The second-order valence-corrected chi connectivity index (χ2v) is 6.25. The fourth-order valence-electron chi connectivity index (χ4n) is 3.60. The van der Waals surface area contributed by atoms with E-state index in [0.29, 0.717) is 6.04 Å². The van der Waals surface area contributed by atoms with Gasteiger partial charge in [-0.3, -0.25) is 14.6 Å². The number of pyridine rings is 1. The van der Waals surface area contributed by atoms with Gasteiger partial charge in [-0.2, -0.15) is 5.10 Å². The molecule has 24 heavy (non-hydrogen) atoms. The summed E-state index contributed by atoms with van der Waals surface area (Å²) in [4.78, 5) is 6.68. The van der Waals surface area contributed by atoms with Crippen molar-refractivity contribution in [2.24, 2.45) is 0 Å². The van der Waals surface area contributed by atoms with Crippen molar-refractivity contribution in [2.75, 3.05) is 19.6 Å². The van der Waals surface area contributed by atoms with Gasteiger partial charge in [-0.15, -0.1) is 0 Å². The Morgan fingerprint density at radius 3 is 2.83 bits per heavy atom. The number of para-hydroxylation sites is 1. The van der Waals surface area contributed by atoms with Crippen LogP contribution in [0.25, 0.3) is 10.9 Å². The Morgan fingerprint density at radius 1 is 1.17 bits per heavy atom. The van der Waals surface area contributed by atoms with Gasteiger partial charge in [0.1, 0.15) is 0 Å². The number of rotatable bonds is 4. The van der Waals surface area contributed by atoms with Crippen molar-refractivity contribution in [2.45, 2.75) is 26.1 Å². The number of aromatic nitrogens is 3. The average Bonchev–Trinajstić information content (AvgIpc) is 3.01. The van der Waals surface area contributed by atoms with Gasteiger partial charge in [0.15, 0.2) is 0 Å². The number of nitrogens with zero attached hydrogens (tertiary/aromatic N) is 4. The zero-order chi connectivity index (χ0) is 16.4. The molecule has 0 spiro atoms. The summed E-state index contributed by atoms with van der Waals surface area (Å²) in [5.41, 5.74) is 3.72. The Kier molecular flexibility index (Phi) is 4.28. The summed E-state index contributed by atoms with van der Waals surface area (Å²) in [6.45, 7) is 6.94. The van der Waals surface area contributed by atoms with E-state index in [1.54, 1.807) is 0 Å². The maximum Gasteiger partial charge on any atom is 0.0843 e. The average molecular weight is 321 g/mol. The van der Waals surface area contributed by atoms with Crippen LogP contribution in [0.4, 0.5) is 0 Å². The number of benzene rings is 1. The Bertz CT molecular complexity index is 811. The Morgan fingerprint density at radius 2 is 2.00 bits per heavy atom. The Labute approximate surface area is 142 Å². The lowest BCUT2D eigenvalue weighted by molar-refractivity contribution is 0.152. The standard InChI is InChI=1S/C19H23N5/c1-2-24-18-6-4-3-5-16(18)17(22-24)14-23-12-11-21-13-19(23)15-7-9-20-10-8-15/h3-10,19,21H,2,11-14H2,1H3. The van der Waals surface area contributed by atoms with E-state index in [4.69, 9.17) is 5.10 Å². The van der Waals surface area contributed by atoms with Crippen molar-refractivity contribution < 1.29 is 0 Å². The fraction of sp³-hybridized carbons (Fsp3) is 0.368. The van der Waals surface area contributed by atoms with Gasteiger partial charge in [0.25, 0.3) is 0 Å². The molecule has 3 heterocycles. The van der Waals surface area contributed by atoms with E-state index in [-0.39, 0.29) is 0 Å². The molecule has 2 aromatic heterocycles. The van der Waals surface area contributed by atoms with Crippen LogP contribution in [0, 0.1) is 0 Å². The van der Waals surface area contributed by atoms with Crippen molar-refractivity contribution in [3.05, 3.63) is 60.0 Å². The first-order valence-electron chi connectivity index (χ1n) is 8.66. The monoisotopic (exact) mass is 321 g/mol. The molecule has 4 rings (SSSR count). The van der Waals surface area contributed by atoms with Gasteiger partial charge in [0, 0.05) is 56.5 Å². The van der Waals surface area contributed by atoms with Crippen molar-refractivity contribution in [3.8, 4) is 0 Å². The van der Waals surface area contributed by atoms with Gasteiger partial charge in [-0.1, -0.05) is 18.2 Å².